The third kappa shape index (κ3) is 2.98. The van der Waals surface area contributed by atoms with E-state index in [0.29, 0.717) is 15.7 Å². The lowest BCUT2D eigenvalue weighted by molar-refractivity contribution is 0.102. The van der Waals surface area contributed by atoms with Gasteiger partial charge in [0.1, 0.15) is 5.82 Å². The fourth-order valence-corrected chi connectivity index (χ4v) is 2.27. The van der Waals surface area contributed by atoms with E-state index in [1.807, 2.05) is 19.9 Å². The summed E-state index contributed by atoms with van der Waals surface area (Å²) in [6, 6.07) is 5.78. The third-order valence-corrected chi connectivity index (χ3v) is 3.42. The van der Waals surface area contributed by atoms with Gasteiger partial charge in [-0.05, 0) is 59.6 Å². The Kier molecular flexibility index (Phi) is 3.95. The Labute approximate surface area is 119 Å². The summed E-state index contributed by atoms with van der Waals surface area (Å²) in [5, 5.41) is 2.80. The second kappa shape index (κ2) is 5.48. The van der Waals surface area contributed by atoms with E-state index >= 15 is 0 Å². The molecular formula is C14H12BrFN2O. The summed E-state index contributed by atoms with van der Waals surface area (Å²) in [5.41, 5.74) is 2.73. The van der Waals surface area contributed by atoms with Crippen LogP contribution in [-0.4, -0.2) is 10.9 Å². The van der Waals surface area contributed by atoms with Gasteiger partial charge in [0.25, 0.3) is 5.91 Å². The van der Waals surface area contributed by atoms with Crippen molar-refractivity contribution in [3.63, 3.8) is 0 Å². The SMILES string of the molecule is Cc1ccnc(C)c1NC(=O)c1ccc(F)cc1Br. The van der Waals surface area contributed by atoms with E-state index in [-0.39, 0.29) is 5.91 Å². The Balaban J connectivity index is 2.31. The van der Waals surface area contributed by atoms with Gasteiger partial charge in [-0.15, -0.1) is 0 Å². The largest absolute Gasteiger partial charge is 0.320 e. The monoisotopic (exact) mass is 322 g/mol. The molecule has 98 valence electrons. The van der Waals surface area contributed by atoms with Crippen molar-refractivity contribution in [3.8, 4) is 0 Å². The Morgan fingerprint density at radius 3 is 2.68 bits per heavy atom. The number of aromatic nitrogens is 1. The van der Waals surface area contributed by atoms with E-state index in [9.17, 15) is 9.18 Å². The highest BCUT2D eigenvalue weighted by Gasteiger charge is 2.13. The molecule has 0 radical (unpaired) electrons. The predicted molar refractivity (Wildman–Crippen MR) is 75.8 cm³/mol. The summed E-state index contributed by atoms with van der Waals surface area (Å²) < 4.78 is 13.4. The van der Waals surface area contributed by atoms with Crippen LogP contribution in [0, 0.1) is 19.7 Å². The molecule has 19 heavy (non-hydrogen) atoms. The molecule has 1 heterocycles. The second-order valence-corrected chi connectivity index (χ2v) is 5.02. The van der Waals surface area contributed by atoms with Crippen LogP contribution in [0.5, 0.6) is 0 Å². The molecule has 1 amide bonds. The molecule has 3 nitrogen and oxygen atoms in total. The molecule has 0 saturated carbocycles. The Bertz CT molecular complexity index is 623. The minimum Gasteiger partial charge on any atom is -0.320 e. The number of anilines is 1. The number of hydrogen-bond donors (Lipinski definition) is 1. The highest BCUT2D eigenvalue weighted by Crippen LogP contribution is 2.22. The van der Waals surface area contributed by atoms with Crippen LogP contribution in [0.3, 0.4) is 0 Å². The lowest BCUT2D eigenvalue weighted by atomic mass is 10.1. The zero-order valence-electron chi connectivity index (χ0n) is 10.5. The van der Waals surface area contributed by atoms with Gasteiger partial charge in [-0.3, -0.25) is 9.78 Å². The maximum absolute atomic E-state index is 13.0. The molecule has 2 rings (SSSR count). The van der Waals surface area contributed by atoms with Crippen LogP contribution >= 0.6 is 15.9 Å². The average molecular weight is 323 g/mol. The topological polar surface area (TPSA) is 42.0 Å². The van der Waals surface area contributed by atoms with Crippen molar-refractivity contribution in [1.82, 2.24) is 4.98 Å². The van der Waals surface area contributed by atoms with E-state index in [2.05, 4.69) is 26.2 Å². The number of pyridine rings is 1. The molecule has 0 aliphatic heterocycles. The minimum atomic E-state index is -0.392. The molecule has 2 aromatic rings. The van der Waals surface area contributed by atoms with E-state index in [1.54, 1.807) is 6.20 Å². The van der Waals surface area contributed by atoms with Gasteiger partial charge in [0.05, 0.1) is 16.9 Å². The number of nitrogens with one attached hydrogen (secondary N) is 1. The lowest BCUT2D eigenvalue weighted by Gasteiger charge is -2.11. The van der Waals surface area contributed by atoms with Gasteiger partial charge in [0.2, 0.25) is 0 Å². The molecule has 0 aliphatic carbocycles. The normalized spacial score (nSPS) is 10.3. The molecule has 0 saturated heterocycles. The first-order valence-electron chi connectivity index (χ1n) is 5.67. The number of nitrogens with zero attached hydrogens (tertiary/aromatic N) is 1. The molecule has 0 atom stereocenters. The summed E-state index contributed by atoms with van der Waals surface area (Å²) in [5.74, 6) is -0.691. The molecule has 1 aromatic heterocycles. The number of rotatable bonds is 2. The molecule has 0 spiro atoms. The summed E-state index contributed by atoms with van der Waals surface area (Å²) in [7, 11) is 0. The van der Waals surface area contributed by atoms with Gasteiger partial charge < -0.3 is 5.32 Å². The van der Waals surface area contributed by atoms with Gasteiger partial charge in [0.15, 0.2) is 0 Å². The van der Waals surface area contributed by atoms with Crippen LogP contribution in [0.2, 0.25) is 0 Å². The molecule has 5 heteroatoms. The summed E-state index contributed by atoms with van der Waals surface area (Å²) >= 11 is 3.18. The van der Waals surface area contributed by atoms with Crippen molar-refractivity contribution >= 4 is 27.5 Å². The third-order valence-electron chi connectivity index (χ3n) is 2.76. The maximum atomic E-state index is 13.0. The van der Waals surface area contributed by atoms with Gasteiger partial charge in [0, 0.05) is 10.7 Å². The predicted octanol–water partition coefficient (Wildman–Crippen LogP) is 3.85. The van der Waals surface area contributed by atoms with Crippen LogP contribution in [-0.2, 0) is 0 Å². The van der Waals surface area contributed by atoms with E-state index in [0.717, 1.165) is 11.3 Å². The highest BCUT2D eigenvalue weighted by molar-refractivity contribution is 9.10. The molecule has 1 aromatic carbocycles. The fourth-order valence-electron chi connectivity index (χ4n) is 1.74. The zero-order chi connectivity index (χ0) is 14.0. The summed E-state index contributed by atoms with van der Waals surface area (Å²) in [6.07, 6.45) is 1.69. The smallest absolute Gasteiger partial charge is 0.256 e. The molecular weight excluding hydrogens is 311 g/mol. The Hall–Kier alpha value is -1.75. The van der Waals surface area contributed by atoms with Crippen LogP contribution in [0.4, 0.5) is 10.1 Å². The Morgan fingerprint density at radius 2 is 2.05 bits per heavy atom. The van der Waals surface area contributed by atoms with Crippen LogP contribution in [0.1, 0.15) is 21.6 Å². The van der Waals surface area contributed by atoms with Crippen molar-refractivity contribution in [2.45, 2.75) is 13.8 Å². The molecule has 0 aliphatic rings. The molecule has 1 N–H and O–H groups in total. The van der Waals surface area contributed by atoms with Crippen molar-refractivity contribution in [2.24, 2.45) is 0 Å². The van der Waals surface area contributed by atoms with Crippen molar-refractivity contribution < 1.29 is 9.18 Å². The Morgan fingerprint density at radius 1 is 1.32 bits per heavy atom. The summed E-state index contributed by atoms with van der Waals surface area (Å²) in [4.78, 5) is 16.3. The van der Waals surface area contributed by atoms with Crippen LogP contribution in [0.25, 0.3) is 0 Å². The minimum absolute atomic E-state index is 0.300. The lowest BCUT2D eigenvalue weighted by Crippen LogP contribution is -2.15. The average Bonchev–Trinajstić information content (AvgIpc) is 2.33. The van der Waals surface area contributed by atoms with Gasteiger partial charge >= 0.3 is 0 Å². The van der Waals surface area contributed by atoms with Gasteiger partial charge in [-0.1, -0.05) is 0 Å². The highest BCUT2D eigenvalue weighted by atomic mass is 79.9. The number of aryl methyl sites for hydroxylation is 2. The first-order valence-corrected chi connectivity index (χ1v) is 6.47. The van der Waals surface area contributed by atoms with E-state index in [1.165, 1.54) is 18.2 Å². The van der Waals surface area contributed by atoms with Crippen molar-refractivity contribution in [1.29, 1.82) is 0 Å². The molecule has 0 fully saturated rings. The maximum Gasteiger partial charge on any atom is 0.256 e. The number of hydrogen-bond acceptors (Lipinski definition) is 2. The number of benzene rings is 1. The van der Waals surface area contributed by atoms with E-state index < -0.39 is 5.82 Å². The quantitative estimate of drug-likeness (QED) is 0.912. The summed E-state index contributed by atoms with van der Waals surface area (Å²) in [6.45, 7) is 3.71. The van der Waals surface area contributed by atoms with Crippen molar-refractivity contribution in [2.75, 3.05) is 5.32 Å². The van der Waals surface area contributed by atoms with Gasteiger partial charge in [-0.25, -0.2) is 4.39 Å². The van der Waals surface area contributed by atoms with Crippen LogP contribution in [0.15, 0.2) is 34.9 Å². The van der Waals surface area contributed by atoms with Crippen LogP contribution < -0.4 is 5.32 Å². The zero-order valence-corrected chi connectivity index (χ0v) is 12.1. The molecule has 0 unspecified atom stereocenters. The number of carbonyl (C=O) groups is 1. The fraction of sp³-hybridized carbons (Fsp3) is 0.143. The number of amides is 1. The van der Waals surface area contributed by atoms with Gasteiger partial charge in [-0.2, -0.15) is 0 Å². The first kappa shape index (κ1) is 13.7. The first-order chi connectivity index (χ1) is 8.99. The van der Waals surface area contributed by atoms with Crippen molar-refractivity contribution in [3.05, 3.63) is 57.6 Å². The number of carbonyl (C=O) groups excluding carboxylic acids is 1. The van der Waals surface area contributed by atoms with E-state index in [4.69, 9.17) is 0 Å². The molecule has 0 bridgehead atoms. The standard InChI is InChI=1S/C14H12BrFN2O/c1-8-5-6-17-9(2)13(8)18-14(19)11-4-3-10(16)7-12(11)15/h3-7H,1-2H3,(H,18,19). The number of halogens is 2. The second-order valence-electron chi connectivity index (χ2n) is 4.17.